The number of ether oxygens (including phenoxy) is 2. The summed E-state index contributed by atoms with van der Waals surface area (Å²) in [6, 6.07) is 4.65. The number of carbonyl (C=O) groups excluding carboxylic acids is 2. The Morgan fingerprint density at radius 3 is 2.69 bits per heavy atom. The highest BCUT2D eigenvalue weighted by molar-refractivity contribution is 6.43. The van der Waals surface area contributed by atoms with E-state index in [0.717, 1.165) is 43.6 Å². The van der Waals surface area contributed by atoms with Gasteiger partial charge < -0.3 is 20.1 Å². The molecule has 2 aliphatic rings. The van der Waals surface area contributed by atoms with Crippen LogP contribution in [0.15, 0.2) is 46.8 Å². The van der Waals surface area contributed by atoms with E-state index in [1.807, 2.05) is 6.92 Å². The lowest BCUT2D eigenvalue weighted by Gasteiger charge is -2.23. The van der Waals surface area contributed by atoms with Crippen molar-refractivity contribution in [2.45, 2.75) is 64.8 Å². The summed E-state index contributed by atoms with van der Waals surface area (Å²) in [6.45, 7) is 6.28. The summed E-state index contributed by atoms with van der Waals surface area (Å²) in [5.41, 5.74) is 1.79. The van der Waals surface area contributed by atoms with Gasteiger partial charge in [-0.25, -0.2) is 9.38 Å². The van der Waals surface area contributed by atoms with E-state index >= 15 is 0 Å². The SMILES string of the molecule is CCCCCNC(=O)c1ccc(C/C=C/C(=NC2=C(C)OCC2)C(=O)NC2CCOCC2)cc1F. The van der Waals surface area contributed by atoms with E-state index in [1.165, 1.54) is 12.1 Å². The molecular formula is C27H36FN3O4. The van der Waals surface area contributed by atoms with Gasteiger partial charge in [0.2, 0.25) is 0 Å². The molecule has 0 radical (unpaired) electrons. The number of hydrogen-bond donors (Lipinski definition) is 2. The molecule has 3 rings (SSSR count). The maximum absolute atomic E-state index is 14.6. The molecule has 35 heavy (non-hydrogen) atoms. The average Bonchev–Trinajstić information content (AvgIpc) is 3.26. The van der Waals surface area contributed by atoms with Crippen LogP contribution in [0, 0.1) is 5.82 Å². The van der Waals surface area contributed by atoms with Crippen molar-refractivity contribution in [3.8, 4) is 0 Å². The van der Waals surface area contributed by atoms with Crippen LogP contribution >= 0.6 is 0 Å². The van der Waals surface area contributed by atoms with Crippen LogP contribution in [0.25, 0.3) is 0 Å². The summed E-state index contributed by atoms with van der Waals surface area (Å²) in [4.78, 5) is 29.7. The van der Waals surface area contributed by atoms with Crippen molar-refractivity contribution in [2.24, 2.45) is 4.99 Å². The van der Waals surface area contributed by atoms with Crippen molar-refractivity contribution >= 4 is 17.5 Å². The summed E-state index contributed by atoms with van der Waals surface area (Å²) in [7, 11) is 0. The summed E-state index contributed by atoms with van der Waals surface area (Å²) in [5, 5.41) is 5.80. The fourth-order valence-corrected chi connectivity index (χ4v) is 3.95. The zero-order valence-electron chi connectivity index (χ0n) is 20.7. The number of allylic oxidation sites excluding steroid dienone is 2. The van der Waals surface area contributed by atoms with Gasteiger partial charge in [-0.05, 0) is 56.4 Å². The lowest BCUT2D eigenvalue weighted by molar-refractivity contribution is -0.115. The van der Waals surface area contributed by atoms with Crippen molar-refractivity contribution in [2.75, 3.05) is 26.4 Å². The van der Waals surface area contributed by atoms with E-state index in [2.05, 4.69) is 22.5 Å². The fraction of sp³-hybridized carbons (Fsp3) is 0.519. The number of halogens is 1. The van der Waals surface area contributed by atoms with E-state index < -0.39 is 11.7 Å². The van der Waals surface area contributed by atoms with Crippen LogP contribution in [0.2, 0.25) is 0 Å². The van der Waals surface area contributed by atoms with Gasteiger partial charge in [0.05, 0.1) is 17.9 Å². The largest absolute Gasteiger partial charge is 0.496 e. The number of amides is 2. The molecule has 0 aromatic heterocycles. The third-order valence-electron chi connectivity index (χ3n) is 6.08. The lowest BCUT2D eigenvalue weighted by atomic mass is 10.1. The molecule has 2 heterocycles. The highest BCUT2D eigenvalue weighted by atomic mass is 19.1. The second-order valence-corrected chi connectivity index (χ2v) is 8.84. The average molecular weight is 486 g/mol. The highest BCUT2D eigenvalue weighted by Gasteiger charge is 2.20. The molecule has 2 amide bonds. The number of benzene rings is 1. The van der Waals surface area contributed by atoms with Crippen molar-refractivity contribution in [1.82, 2.24) is 10.6 Å². The van der Waals surface area contributed by atoms with Gasteiger partial charge >= 0.3 is 0 Å². The number of nitrogens with one attached hydrogen (secondary N) is 2. The zero-order chi connectivity index (χ0) is 25.0. The Kier molecular flexibility index (Phi) is 10.5. The summed E-state index contributed by atoms with van der Waals surface area (Å²) < 4.78 is 25.4. The Morgan fingerprint density at radius 1 is 1.20 bits per heavy atom. The molecule has 0 aliphatic carbocycles. The second kappa shape index (κ2) is 13.8. The van der Waals surface area contributed by atoms with Crippen LogP contribution in [0.3, 0.4) is 0 Å². The number of nitrogens with zero attached hydrogens (tertiary/aromatic N) is 1. The van der Waals surface area contributed by atoms with Gasteiger partial charge in [-0.15, -0.1) is 0 Å². The Hall–Kier alpha value is -3.00. The number of carbonyl (C=O) groups is 2. The molecule has 0 bridgehead atoms. The first-order valence-corrected chi connectivity index (χ1v) is 12.5. The zero-order valence-corrected chi connectivity index (χ0v) is 20.7. The van der Waals surface area contributed by atoms with E-state index in [0.29, 0.717) is 50.5 Å². The van der Waals surface area contributed by atoms with Crippen molar-refractivity contribution < 1.29 is 23.5 Å². The summed E-state index contributed by atoms with van der Waals surface area (Å²) in [5.74, 6) is -0.483. The minimum atomic E-state index is -0.557. The summed E-state index contributed by atoms with van der Waals surface area (Å²) >= 11 is 0. The van der Waals surface area contributed by atoms with Crippen LogP contribution < -0.4 is 10.6 Å². The third-order valence-corrected chi connectivity index (χ3v) is 6.08. The first-order chi connectivity index (χ1) is 17.0. The second-order valence-electron chi connectivity index (χ2n) is 8.84. The van der Waals surface area contributed by atoms with Gasteiger partial charge in [0.25, 0.3) is 11.8 Å². The standard InChI is InChI=1S/C27H36FN3O4/c1-3-4-5-14-29-26(32)22-10-9-20(18-23(22)28)7-6-8-25(31-24-13-17-35-19(24)2)27(33)30-21-11-15-34-16-12-21/h6,8-10,18,21H,3-5,7,11-17H2,1-2H3,(H,29,32)(H,30,33)/b8-6+,31-25?. The molecule has 1 aromatic rings. The van der Waals surface area contributed by atoms with Crippen LogP contribution in [0.4, 0.5) is 4.39 Å². The number of aliphatic imine (C=N–C) groups is 1. The first-order valence-electron chi connectivity index (χ1n) is 12.5. The van der Waals surface area contributed by atoms with Crippen LogP contribution in [-0.4, -0.2) is 49.9 Å². The van der Waals surface area contributed by atoms with Crippen LogP contribution in [-0.2, 0) is 20.7 Å². The molecule has 1 saturated heterocycles. The van der Waals surface area contributed by atoms with Gasteiger partial charge in [0.1, 0.15) is 17.3 Å². The Labute approximate surface area is 206 Å². The van der Waals surface area contributed by atoms with Crippen molar-refractivity contribution in [1.29, 1.82) is 0 Å². The monoisotopic (exact) mass is 485 g/mol. The molecule has 0 saturated carbocycles. The quantitative estimate of drug-likeness (QED) is 0.363. The van der Waals surface area contributed by atoms with Gasteiger partial charge in [0.15, 0.2) is 0 Å². The summed E-state index contributed by atoms with van der Waals surface area (Å²) in [6.07, 6.45) is 9.00. The topological polar surface area (TPSA) is 89.0 Å². The van der Waals surface area contributed by atoms with Gasteiger partial charge in [-0.1, -0.05) is 31.9 Å². The maximum Gasteiger partial charge on any atom is 0.270 e. The molecule has 1 fully saturated rings. The molecule has 2 N–H and O–H groups in total. The Bertz CT molecular complexity index is 981. The molecule has 190 valence electrons. The lowest BCUT2D eigenvalue weighted by Crippen LogP contribution is -2.41. The number of unbranched alkanes of at least 4 members (excludes halogenated alkanes) is 2. The predicted molar refractivity (Wildman–Crippen MR) is 134 cm³/mol. The van der Waals surface area contributed by atoms with E-state index in [-0.39, 0.29) is 17.5 Å². The Morgan fingerprint density at radius 2 is 2.00 bits per heavy atom. The van der Waals surface area contributed by atoms with Crippen molar-refractivity contribution in [3.05, 3.63) is 58.8 Å². The maximum atomic E-state index is 14.6. The molecule has 0 unspecified atom stereocenters. The molecule has 7 nitrogen and oxygen atoms in total. The smallest absolute Gasteiger partial charge is 0.270 e. The highest BCUT2D eigenvalue weighted by Crippen LogP contribution is 2.20. The molecule has 0 spiro atoms. The van der Waals surface area contributed by atoms with Crippen LogP contribution in [0.1, 0.15) is 68.3 Å². The third kappa shape index (κ3) is 8.31. The van der Waals surface area contributed by atoms with Gasteiger partial charge in [-0.3, -0.25) is 9.59 Å². The van der Waals surface area contributed by atoms with E-state index in [9.17, 15) is 14.0 Å². The van der Waals surface area contributed by atoms with Crippen LogP contribution in [0.5, 0.6) is 0 Å². The molecular weight excluding hydrogens is 449 g/mol. The number of rotatable bonds is 11. The first kappa shape index (κ1) is 26.6. The van der Waals surface area contributed by atoms with Gasteiger partial charge in [-0.2, -0.15) is 0 Å². The molecule has 0 atom stereocenters. The number of hydrogen-bond acceptors (Lipinski definition) is 5. The molecule has 2 aliphatic heterocycles. The molecule has 1 aromatic carbocycles. The fourth-order valence-electron chi connectivity index (χ4n) is 3.95. The van der Waals surface area contributed by atoms with E-state index in [4.69, 9.17) is 9.47 Å². The minimum Gasteiger partial charge on any atom is -0.496 e. The Balaban J connectivity index is 1.65. The van der Waals surface area contributed by atoms with E-state index in [1.54, 1.807) is 18.2 Å². The van der Waals surface area contributed by atoms with Crippen molar-refractivity contribution in [3.63, 3.8) is 0 Å². The minimum absolute atomic E-state index is 0.0379. The molecule has 8 heteroatoms. The normalized spacial score (nSPS) is 17.1. The van der Waals surface area contributed by atoms with Gasteiger partial charge in [0, 0.05) is 32.2 Å². The predicted octanol–water partition coefficient (Wildman–Crippen LogP) is 4.23.